The summed E-state index contributed by atoms with van der Waals surface area (Å²) in [5, 5.41) is 3.71. The zero-order chi connectivity index (χ0) is 20.8. The summed E-state index contributed by atoms with van der Waals surface area (Å²) in [6.45, 7) is 6.01. The van der Waals surface area contributed by atoms with Crippen molar-refractivity contribution in [1.82, 2.24) is 10.2 Å². The summed E-state index contributed by atoms with van der Waals surface area (Å²) in [5.74, 6) is 0.939. The minimum Gasteiger partial charge on any atom is -0.496 e. The second-order valence-corrected chi connectivity index (χ2v) is 7.34. The van der Waals surface area contributed by atoms with Gasteiger partial charge in [0.05, 0.1) is 12.8 Å². The van der Waals surface area contributed by atoms with Gasteiger partial charge in [0.2, 0.25) is 0 Å². The number of halogens is 1. The van der Waals surface area contributed by atoms with E-state index in [1.165, 1.54) is 0 Å². The minimum absolute atomic E-state index is 0.137. The summed E-state index contributed by atoms with van der Waals surface area (Å²) in [7, 11) is 1.70. The van der Waals surface area contributed by atoms with Gasteiger partial charge in [0, 0.05) is 40.9 Å². The molecule has 0 aromatic heterocycles. The number of methoxy groups -OCH3 is 1. The third-order valence-electron chi connectivity index (χ3n) is 5.26. The summed E-state index contributed by atoms with van der Waals surface area (Å²) in [5.41, 5.74) is 3.72. The van der Waals surface area contributed by atoms with Crippen LogP contribution in [0.15, 0.2) is 72.1 Å². The number of carbonyl (C=O) groups excluding carboxylic acids is 1. The summed E-state index contributed by atoms with van der Waals surface area (Å²) in [6.07, 6.45) is 4.96. The molecule has 1 aliphatic carbocycles. The van der Waals surface area contributed by atoms with Crippen LogP contribution in [0.4, 0.5) is 0 Å². The first-order chi connectivity index (χ1) is 14.1. The van der Waals surface area contributed by atoms with Crippen LogP contribution < -0.4 is 10.1 Å². The Kier molecular flexibility index (Phi) is 6.99. The maximum absolute atomic E-state index is 12.8. The van der Waals surface area contributed by atoms with E-state index in [0.717, 1.165) is 42.2 Å². The molecule has 152 valence electrons. The average Bonchev–Trinajstić information content (AvgIpc) is 2.76. The zero-order valence-electron chi connectivity index (χ0n) is 17.1. The smallest absolute Gasteiger partial charge is 0.255 e. The standard InChI is InChI=1S/C24H27ClN2O2/c1-4-27(5-2)22-16-18(20-8-6-7-9-23(20)29-3)12-15-21(22)26-24(28)17-10-13-19(25)14-11-17/h6-15,18H,4-5,16H2,1-3H3,(H,26,28). The predicted molar refractivity (Wildman–Crippen MR) is 118 cm³/mol. The van der Waals surface area contributed by atoms with Gasteiger partial charge < -0.3 is 15.0 Å². The average molecular weight is 411 g/mol. The van der Waals surface area contributed by atoms with E-state index in [2.05, 4.69) is 36.2 Å². The van der Waals surface area contributed by atoms with Crippen molar-refractivity contribution in [2.45, 2.75) is 26.2 Å². The minimum atomic E-state index is -0.137. The quantitative estimate of drug-likeness (QED) is 0.666. The van der Waals surface area contributed by atoms with Gasteiger partial charge in [-0.15, -0.1) is 0 Å². The van der Waals surface area contributed by atoms with Gasteiger partial charge in [-0.3, -0.25) is 4.79 Å². The van der Waals surface area contributed by atoms with Crippen LogP contribution >= 0.6 is 11.6 Å². The Labute approximate surface area is 177 Å². The van der Waals surface area contributed by atoms with E-state index in [-0.39, 0.29) is 11.8 Å². The van der Waals surface area contributed by atoms with Crippen LogP contribution in [-0.4, -0.2) is 31.0 Å². The van der Waals surface area contributed by atoms with Crippen molar-refractivity contribution >= 4 is 17.5 Å². The Balaban J connectivity index is 1.90. The molecule has 0 saturated heterocycles. The highest BCUT2D eigenvalue weighted by molar-refractivity contribution is 6.30. The van der Waals surface area contributed by atoms with Gasteiger partial charge in [-0.05, 0) is 56.7 Å². The lowest BCUT2D eigenvalue weighted by Crippen LogP contribution is -2.32. The first-order valence-electron chi connectivity index (χ1n) is 9.93. The fourth-order valence-electron chi connectivity index (χ4n) is 3.70. The van der Waals surface area contributed by atoms with Gasteiger partial charge in [-0.25, -0.2) is 0 Å². The van der Waals surface area contributed by atoms with Crippen LogP contribution in [0, 0.1) is 0 Å². The van der Waals surface area contributed by atoms with E-state index >= 15 is 0 Å². The molecule has 2 aromatic rings. The summed E-state index contributed by atoms with van der Waals surface area (Å²) >= 11 is 5.94. The van der Waals surface area contributed by atoms with E-state index in [9.17, 15) is 4.79 Å². The van der Waals surface area contributed by atoms with Gasteiger partial charge in [0.1, 0.15) is 5.75 Å². The van der Waals surface area contributed by atoms with Crippen molar-refractivity contribution < 1.29 is 9.53 Å². The first kappa shape index (κ1) is 21.0. The van der Waals surface area contributed by atoms with Crippen LogP contribution in [0.1, 0.15) is 42.1 Å². The molecule has 3 rings (SSSR count). The third kappa shape index (κ3) is 4.83. The number of hydrogen-bond acceptors (Lipinski definition) is 3. The first-order valence-corrected chi connectivity index (χ1v) is 10.3. The Bertz CT molecular complexity index is 915. The van der Waals surface area contributed by atoms with Crippen LogP contribution in [0.25, 0.3) is 0 Å². The molecule has 1 N–H and O–H groups in total. The molecule has 1 atom stereocenters. The zero-order valence-corrected chi connectivity index (χ0v) is 17.9. The van der Waals surface area contributed by atoms with Gasteiger partial charge >= 0.3 is 0 Å². The van der Waals surface area contributed by atoms with Crippen molar-refractivity contribution in [2.75, 3.05) is 20.2 Å². The van der Waals surface area contributed by atoms with Crippen molar-refractivity contribution in [1.29, 1.82) is 0 Å². The molecule has 0 saturated carbocycles. The molecule has 0 heterocycles. The Morgan fingerprint density at radius 3 is 2.48 bits per heavy atom. The molecule has 0 spiro atoms. The Morgan fingerprint density at radius 2 is 1.83 bits per heavy atom. The second kappa shape index (κ2) is 9.66. The number of amides is 1. The third-order valence-corrected chi connectivity index (χ3v) is 5.51. The number of nitrogens with one attached hydrogen (secondary N) is 1. The van der Waals surface area contributed by atoms with Crippen LogP contribution in [0.2, 0.25) is 5.02 Å². The fourth-order valence-corrected chi connectivity index (χ4v) is 3.82. The van der Waals surface area contributed by atoms with Crippen molar-refractivity contribution in [3.8, 4) is 5.75 Å². The molecule has 0 aliphatic heterocycles. The molecule has 1 amide bonds. The van der Waals surface area contributed by atoms with E-state index in [1.807, 2.05) is 24.3 Å². The molecule has 29 heavy (non-hydrogen) atoms. The number of ether oxygens (including phenoxy) is 1. The molecule has 1 aliphatic rings. The maximum atomic E-state index is 12.8. The maximum Gasteiger partial charge on any atom is 0.255 e. The van der Waals surface area contributed by atoms with Crippen LogP contribution in [0.5, 0.6) is 5.75 Å². The monoisotopic (exact) mass is 410 g/mol. The molecule has 5 heteroatoms. The van der Waals surface area contributed by atoms with Crippen molar-refractivity contribution in [3.63, 3.8) is 0 Å². The molecule has 0 radical (unpaired) electrons. The molecular weight excluding hydrogens is 384 g/mol. The topological polar surface area (TPSA) is 41.6 Å². The summed E-state index contributed by atoms with van der Waals surface area (Å²) in [4.78, 5) is 15.1. The lowest BCUT2D eigenvalue weighted by Gasteiger charge is -2.32. The van der Waals surface area contributed by atoms with Crippen molar-refractivity contribution in [3.05, 3.63) is 88.2 Å². The SMILES string of the molecule is CCN(CC)C1=C(NC(=O)c2ccc(Cl)cc2)C=CC(c2ccccc2OC)C1. The molecule has 4 nitrogen and oxygen atoms in total. The van der Waals surface area contributed by atoms with Gasteiger partial charge in [0.25, 0.3) is 5.91 Å². The lowest BCUT2D eigenvalue weighted by atomic mass is 9.88. The van der Waals surface area contributed by atoms with Gasteiger partial charge in [-0.1, -0.05) is 35.9 Å². The number of carbonyl (C=O) groups is 1. The molecule has 0 bridgehead atoms. The molecule has 2 aromatic carbocycles. The van der Waals surface area contributed by atoms with Gasteiger partial charge in [-0.2, -0.15) is 0 Å². The van der Waals surface area contributed by atoms with E-state index in [4.69, 9.17) is 16.3 Å². The van der Waals surface area contributed by atoms with Crippen LogP contribution in [0.3, 0.4) is 0 Å². The normalized spacial score (nSPS) is 15.9. The summed E-state index contributed by atoms with van der Waals surface area (Å²) < 4.78 is 5.56. The second-order valence-electron chi connectivity index (χ2n) is 6.91. The van der Waals surface area contributed by atoms with Crippen molar-refractivity contribution in [2.24, 2.45) is 0 Å². The number of hydrogen-bond donors (Lipinski definition) is 1. The number of para-hydroxylation sites is 1. The Hall–Kier alpha value is -2.72. The highest BCUT2D eigenvalue weighted by Gasteiger charge is 2.24. The number of benzene rings is 2. The number of rotatable bonds is 7. The van der Waals surface area contributed by atoms with Crippen LogP contribution in [-0.2, 0) is 0 Å². The Morgan fingerprint density at radius 1 is 1.14 bits per heavy atom. The highest BCUT2D eigenvalue weighted by Crippen LogP contribution is 2.36. The number of allylic oxidation sites excluding steroid dienone is 3. The molecule has 1 unspecified atom stereocenters. The fraction of sp³-hybridized carbons (Fsp3) is 0.292. The molecular formula is C24H27ClN2O2. The van der Waals surface area contributed by atoms with E-state index in [0.29, 0.717) is 10.6 Å². The van der Waals surface area contributed by atoms with Gasteiger partial charge in [0.15, 0.2) is 0 Å². The summed E-state index contributed by atoms with van der Waals surface area (Å²) in [6, 6.07) is 15.0. The predicted octanol–water partition coefficient (Wildman–Crippen LogP) is 5.38. The lowest BCUT2D eigenvalue weighted by molar-refractivity contribution is 0.0965. The van der Waals surface area contributed by atoms with E-state index in [1.54, 1.807) is 31.4 Å². The van der Waals surface area contributed by atoms with E-state index < -0.39 is 0 Å². The largest absolute Gasteiger partial charge is 0.496 e. The molecule has 0 fully saturated rings. The number of nitrogens with zero attached hydrogens (tertiary/aromatic N) is 1. The highest BCUT2D eigenvalue weighted by atomic mass is 35.5.